The number of nitrogens with one attached hydrogen (secondary N) is 2. The first-order valence-corrected chi connectivity index (χ1v) is 9.63. The van der Waals surface area contributed by atoms with Crippen molar-refractivity contribution < 1.29 is 4.74 Å². The Hall–Kier alpha value is -4.25. The van der Waals surface area contributed by atoms with E-state index in [0.29, 0.717) is 28.9 Å². The smallest absolute Gasteiger partial charge is 0.137 e. The zero-order valence-electron chi connectivity index (χ0n) is 17.7. The molecule has 0 fully saturated rings. The van der Waals surface area contributed by atoms with Crippen LogP contribution < -0.4 is 15.4 Å². The maximum Gasteiger partial charge on any atom is 0.137 e. The summed E-state index contributed by atoms with van der Waals surface area (Å²) >= 11 is 0. The normalized spacial score (nSPS) is 10.3. The van der Waals surface area contributed by atoms with E-state index >= 15 is 0 Å². The molecule has 0 saturated carbocycles. The van der Waals surface area contributed by atoms with Gasteiger partial charge in [0.2, 0.25) is 0 Å². The molecule has 0 spiro atoms. The Morgan fingerprint density at radius 1 is 0.871 bits per heavy atom. The van der Waals surface area contributed by atoms with Crippen LogP contribution in [0.5, 0.6) is 5.75 Å². The fourth-order valence-corrected chi connectivity index (χ4v) is 3.12. The lowest BCUT2D eigenvalue weighted by atomic mass is 10.1. The zero-order valence-corrected chi connectivity index (χ0v) is 17.7. The molecule has 31 heavy (non-hydrogen) atoms. The van der Waals surface area contributed by atoms with Gasteiger partial charge in [-0.3, -0.25) is 0 Å². The van der Waals surface area contributed by atoms with E-state index in [1.54, 1.807) is 25.7 Å². The van der Waals surface area contributed by atoms with E-state index in [9.17, 15) is 0 Å². The Kier molecular flexibility index (Phi) is 5.58. The van der Waals surface area contributed by atoms with Gasteiger partial charge in [0.05, 0.1) is 18.9 Å². The van der Waals surface area contributed by atoms with Crippen LogP contribution in [0.3, 0.4) is 0 Å². The lowest BCUT2D eigenvalue weighted by molar-refractivity contribution is 0.413. The number of methoxy groups -OCH3 is 1. The number of aryl methyl sites for hydroxylation is 2. The number of rotatable bonds is 4. The Balaban J connectivity index is 1.74. The number of hydrogen-bond acceptors (Lipinski definition) is 8. The number of hydrogen-bond donors (Lipinski definition) is 2. The van der Waals surface area contributed by atoms with Crippen LogP contribution >= 0.6 is 0 Å². The van der Waals surface area contributed by atoms with Crippen molar-refractivity contribution in [3.63, 3.8) is 0 Å². The van der Waals surface area contributed by atoms with Crippen LogP contribution in [0.2, 0.25) is 0 Å². The highest BCUT2D eigenvalue weighted by atomic mass is 16.5. The summed E-state index contributed by atoms with van der Waals surface area (Å²) in [6.07, 6.45) is 5.16. The van der Waals surface area contributed by atoms with E-state index in [-0.39, 0.29) is 0 Å². The van der Waals surface area contributed by atoms with Gasteiger partial charge in [-0.15, -0.1) is 0 Å². The Labute approximate surface area is 180 Å². The molecule has 4 aromatic heterocycles. The van der Waals surface area contributed by atoms with Crippen molar-refractivity contribution in [2.75, 3.05) is 24.8 Å². The second-order valence-electron chi connectivity index (χ2n) is 6.79. The minimum atomic E-state index is 0.644. The summed E-state index contributed by atoms with van der Waals surface area (Å²) in [6, 6.07) is 7.46. The number of pyridine rings is 3. The highest BCUT2D eigenvalue weighted by Gasteiger charge is 2.09. The summed E-state index contributed by atoms with van der Waals surface area (Å²) in [7, 11) is 3.43. The third kappa shape index (κ3) is 4.51. The molecule has 0 bridgehead atoms. The van der Waals surface area contributed by atoms with Gasteiger partial charge in [0, 0.05) is 42.0 Å². The molecule has 0 aliphatic carbocycles. The van der Waals surface area contributed by atoms with E-state index in [4.69, 9.17) is 4.74 Å². The SMILES string of the molecule is CNc1ncc(C#Cc2ccc(OC)cn2)c2cc(Nc3cc(C)nc(C)n3)ncc12. The maximum atomic E-state index is 5.14. The highest BCUT2D eigenvalue weighted by molar-refractivity contribution is 5.96. The van der Waals surface area contributed by atoms with Crippen molar-refractivity contribution in [3.8, 4) is 17.6 Å². The number of nitrogens with zero attached hydrogens (tertiary/aromatic N) is 5. The molecule has 154 valence electrons. The maximum absolute atomic E-state index is 5.14. The molecule has 8 heteroatoms. The summed E-state index contributed by atoms with van der Waals surface area (Å²) in [5.41, 5.74) is 2.30. The largest absolute Gasteiger partial charge is 0.495 e. The Morgan fingerprint density at radius 2 is 1.74 bits per heavy atom. The van der Waals surface area contributed by atoms with Crippen LogP contribution in [-0.2, 0) is 0 Å². The summed E-state index contributed by atoms with van der Waals surface area (Å²) in [6.45, 7) is 3.79. The second-order valence-corrected chi connectivity index (χ2v) is 6.79. The number of aromatic nitrogens is 5. The summed E-state index contributed by atoms with van der Waals surface area (Å²) in [4.78, 5) is 22.0. The predicted octanol–water partition coefficient (Wildman–Crippen LogP) is 3.63. The quantitative estimate of drug-likeness (QED) is 0.492. The standard InChI is InChI=1S/C23H21N7O/c1-14-9-22(29-15(2)28-14)30-21-10-19-16(11-27-23(24-3)20(19)13-26-21)5-6-17-7-8-18(31-4)12-25-17/h7-13H,1-4H3,(H,24,27)(H,26,28,29,30). The third-order valence-corrected chi connectivity index (χ3v) is 4.53. The fraction of sp³-hybridized carbons (Fsp3) is 0.174. The molecule has 4 heterocycles. The molecule has 0 aliphatic heterocycles. The molecule has 0 unspecified atom stereocenters. The van der Waals surface area contributed by atoms with Crippen LogP contribution in [-0.4, -0.2) is 39.1 Å². The fourth-order valence-electron chi connectivity index (χ4n) is 3.12. The molecule has 2 N–H and O–H groups in total. The lowest BCUT2D eigenvalue weighted by Gasteiger charge is -2.10. The minimum Gasteiger partial charge on any atom is -0.495 e. The molecule has 0 amide bonds. The van der Waals surface area contributed by atoms with Crippen molar-refractivity contribution in [2.45, 2.75) is 13.8 Å². The van der Waals surface area contributed by atoms with Crippen LogP contribution in [0.25, 0.3) is 10.8 Å². The lowest BCUT2D eigenvalue weighted by Crippen LogP contribution is -2.01. The van der Waals surface area contributed by atoms with Crippen molar-refractivity contribution in [2.24, 2.45) is 0 Å². The summed E-state index contributed by atoms with van der Waals surface area (Å²) < 4.78 is 5.14. The van der Waals surface area contributed by atoms with E-state index in [1.807, 2.05) is 45.2 Å². The van der Waals surface area contributed by atoms with Crippen molar-refractivity contribution in [1.82, 2.24) is 24.9 Å². The molecule has 0 saturated heterocycles. The van der Waals surface area contributed by atoms with E-state index in [1.165, 1.54) is 0 Å². The van der Waals surface area contributed by atoms with E-state index in [2.05, 4.69) is 47.4 Å². The van der Waals surface area contributed by atoms with Gasteiger partial charge in [-0.25, -0.2) is 24.9 Å². The van der Waals surface area contributed by atoms with E-state index < -0.39 is 0 Å². The average molecular weight is 411 g/mol. The Bertz CT molecular complexity index is 1290. The van der Waals surface area contributed by atoms with Crippen molar-refractivity contribution in [3.05, 3.63) is 65.6 Å². The molecule has 4 aromatic rings. The molecule has 0 atom stereocenters. The van der Waals surface area contributed by atoms with Gasteiger partial charge in [0.25, 0.3) is 0 Å². The molecular formula is C23H21N7O. The van der Waals surface area contributed by atoms with Gasteiger partial charge in [0.1, 0.15) is 34.7 Å². The summed E-state index contributed by atoms with van der Waals surface area (Å²) in [5.74, 6) is 9.73. The van der Waals surface area contributed by atoms with Gasteiger partial charge in [-0.1, -0.05) is 5.92 Å². The molecule has 0 aromatic carbocycles. The molecule has 8 nitrogen and oxygen atoms in total. The zero-order chi connectivity index (χ0) is 21.8. The number of anilines is 3. The molecule has 0 radical (unpaired) electrons. The monoisotopic (exact) mass is 411 g/mol. The first-order valence-electron chi connectivity index (χ1n) is 9.63. The molecular weight excluding hydrogens is 390 g/mol. The van der Waals surface area contributed by atoms with Gasteiger partial charge in [-0.2, -0.15) is 0 Å². The van der Waals surface area contributed by atoms with Crippen LogP contribution in [0.4, 0.5) is 17.5 Å². The Morgan fingerprint density at radius 3 is 2.45 bits per heavy atom. The highest BCUT2D eigenvalue weighted by Crippen LogP contribution is 2.26. The topological polar surface area (TPSA) is 97.7 Å². The summed E-state index contributed by atoms with van der Waals surface area (Å²) in [5, 5.41) is 8.14. The molecule has 4 rings (SSSR count). The second kappa shape index (κ2) is 8.63. The van der Waals surface area contributed by atoms with Crippen LogP contribution in [0.1, 0.15) is 22.8 Å². The predicted molar refractivity (Wildman–Crippen MR) is 121 cm³/mol. The van der Waals surface area contributed by atoms with Gasteiger partial charge in [0.15, 0.2) is 0 Å². The first kappa shape index (κ1) is 20.0. The van der Waals surface area contributed by atoms with Gasteiger partial charge >= 0.3 is 0 Å². The molecule has 0 aliphatic rings. The number of fused-ring (bicyclic) bond motifs is 1. The third-order valence-electron chi connectivity index (χ3n) is 4.53. The van der Waals surface area contributed by atoms with Crippen LogP contribution in [0, 0.1) is 25.7 Å². The van der Waals surface area contributed by atoms with Crippen molar-refractivity contribution >= 4 is 28.2 Å². The van der Waals surface area contributed by atoms with Gasteiger partial charge < -0.3 is 15.4 Å². The van der Waals surface area contributed by atoms with Gasteiger partial charge in [-0.05, 0) is 38.0 Å². The number of ether oxygens (including phenoxy) is 1. The minimum absolute atomic E-state index is 0.644. The van der Waals surface area contributed by atoms with E-state index in [0.717, 1.165) is 27.8 Å². The average Bonchev–Trinajstić information content (AvgIpc) is 2.77. The van der Waals surface area contributed by atoms with Crippen molar-refractivity contribution in [1.29, 1.82) is 0 Å². The first-order chi connectivity index (χ1) is 15.1. The van der Waals surface area contributed by atoms with Crippen LogP contribution in [0.15, 0.2) is 42.9 Å².